The summed E-state index contributed by atoms with van der Waals surface area (Å²) in [5.74, 6) is -0.672. The average Bonchev–Trinajstić information content (AvgIpc) is 2.99. The minimum Gasteiger partial charge on any atom is -0.357 e. The predicted molar refractivity (Wildman–Crippen MR) is 137 cm³/mol. The number of nitrogens with one attached hydrogen (secondary N) is 1. The second kappa shape index (κ2) is 9.14. The molecule has 35 heavy (non-hydrogen) atoms. The van der Waals surface area contributed by atoms with E-state index in [0.717, 1.165) is 33.8 Å². The number of allylic oxidation sites excluding steroid dienone is 1. The van der Waals surface area contributed by atoms with Crippen LogP contribution in [0.15, 0.2) is 84.1 Å². The van der Waals surface area contributed by atoms with Gasteiger partial charge in [-0.05, 0) is 60.2 Å². The molecule has 3 aromatic carbocycles. The maximum atomic E-state index is 13.9. The number of amides is 1. The highest BCUT2D eigenvalue weighted by molar-refractivity contribution is 6.06. The van der Waals surface area contributed by atoms with Crippen molar-refractivity contribution >= 4 is 23.1 Å². The van der Waals surface area contributed by atoms with Gasteiger partial charge in [0.25, 0.3) is 0 Å². The van der Waals surface area contributed by atoms with E-state index in [1.165, 1.54) is 12.1 Å². The summed E-state index contributed by atoms with van der Waals surface area (Å²) in [6.07, 6.45) is 1.01. The van der Waals surface area contributed by atoms with E-state index in [-0.39, 0.29) is 29.3 Å². The first-order valence-corrected chi connectivity index (χ1v) is 12.1. The minimum atomic E-state index is -0.639. The molecule has 0 spiro atoms. The maximum Gasteiger partial charge on any atom is 0.230 e. The lowest BCUT2D eigenvalue weighted by Gasteiger charge is -2.36. The zero-order valence-electron chi connectivity index (χ0n) is 20.2. The van der Waals surface area contributed by atoms with Crippen LogP contribution in [0.5, 0.6) is 0 Å². The van der Waals surface area contributed by atoms with Crippen molar-refractivity contribution in [1.29, 1.82) is 0 Å². The molecule has 0 fully saturated rings. The topological polar surface area (TPSA) is 49.4 Å². The van der Waals surface area contributed by atoms with Crippen LogP contribution in [0, 0.1) is 18.7 Å². The van der Waals surface area contributed by atoms with E-state index in [1.54, 1.807) is 17.0 Å². The van der Waals surface area contributed by atoms with Crippen LogP contribution in [-0.2, 0) is 9.59 Å². The number of halogens is 1. The molecule has 1 N–H and O–H groups in total. The van der Waals surface area contributed by atoms with Gasteiger partial charge in [0.15, 0.2) is 5.78 Å². The number of hydrogen-bond acceptors (Lipinski definition) is 3. The summed E-state index contributed by atoms with van der Waals surface area (Å²) in [6, 6.07) is 21.5. The van der Waals surface area contributed by atoms with Gasteiger partial charge >= 0.3 is 0 Å². The van der Waals surface area contributed by atoms with E-state index in [9.17, 15) is 14.0 Å². The van der Waals surface area contributed by atoms with Gasteiger partial charge in [0, 0.05) is 23.6 Å². The van der Waals surface area contributed by atoms with Crippen LogP contribution in [0.3, 0.4) is 0 Å². The molecule has 0 saturated heterocycles. The quantitative estimate of drug-likeness (QED) is 0.466. The fraction of sp³-hybridized carbons (Fsp3) is 0.267. The summed E-state index contributed by atoms with van der Waals surface area (Å²) in [5.41, 5.74) is 5.80. The second-order valence-corrected chi connectivity index (χ2v) is 9.79. The summed E-state index contributed by atoms with van der Waals surface area (Å²) in [7, 11) is 0. The van der Waals surface area contributed by atoms with Gasteiger partial charge < -0.3 is 5.32 Å². The van der Waals surface area contributed by atoms with Crippen molar-refractivity contribution in [2.24, 2.45) is 5.92 Å². The Morgan fingerprint density at radius 2 is 1.69 bits per heavy atom. The molecule has 0 radical (unpaired) electrons. The highest BCUT2D eigenvalue weighted by Crippen LogP contribution is 2.48. The lowest BCUT2D eigenvalue weighted by molar-refractivity contribution is -0.121. The zero-order chi connectivity index (χ0) is 24.7. The summed E-state index contributed by atoms with van der Waals surface area (Å²) >= 11 is 0. The molecule has 2 atom stereocenters. The molecule has 5 heteroatoms. The van der Waals surface area contributed by atoms with Crippen LogP contribution >= 0.6 is 0 Å². The molecule has 4 nitrogen and oxygen atoms in total. The van der Waals surface area contributed by atoms with Crippen molar-refractivity contribution in [3.05, 3.63) is 107 Å². The molecular formula is C30H29FN2O2. The molecule has 5 rings (SSSR count). The number of carbonyl (C=O) groups excluding carboxylic acids is 2. The number of benzene rings is 3. The Kier molecular flexibility index (Phi) is 6.01. The van der Waals surface area contributed by atoms with Gasteiger partial charge in [0.2, 0.25) is 5.91 Å². The number of hydrogen-bond donors (Lipinski definition) is 1. The Morgan fingerprint density at radius 3 is 2.37 bits per heavy atom. The van der Waals surface area contributed by atoms with Crippen LogP contribution in [-0.4, -0.2) is 11.7 Å². The monoisotopic (exact) mass is 468 g/mol. The van der Waals surface area contributed by atoms with Crippen LogP contribution in [0.25, 0.3) is 0 Å². The minimum absolute atomic E-state index is 0.00742. The first-order chi connectivity index (χ1) is 16.8. The Bertz CT molecular complexity index is 1310. The number of anilines is 2. The number of ketones is 1. The van der Waals surface area contributed by atoms with Gasteiger partial charge in [0.1, 0.15) is 5.82 Å². The molecule has 0 bridgehead atoms. The summed E-state index contributed by atoms with van der Waals surface area (Å²) < 4.78 is 13.9. The molecule has 0 aromatic heterocycles. The van der Waals surface area contributed by atoms with Crippen LogP contribution in [0.1, 0.15) is 55.3 Å². The Balaban J connectivity index is 1.74. The van der Waals surface area contributed by atoms with Gasteiger partial charge in [0.05, 0.1) is 17.4 Å². The molecule has 1 aliphatic carbocycles. The molecule has 1 heterocycles. The average molecular weight is 469 g/mol. The number of aryl methyl sites for hydroxylation is 1. The van der Waals surface area contributed by atoms with Gasteiger partial charge in [-0.3, -0.25) is 14.5 Å². The Labute approximate surface area is 205 Å². The summed E-state index contributed by atoms with van der Waals surface area (Å²) in [6.45, 7) is 5.71. The standard InChI is InChI=1S/C30H29FN2O2/c1-18(2)30(35)33-26-15-19(3)9-14-24(26)32-25-16-22(20-7-5-4-6-8-20)17-27(34)28(25)29(33)21-10-12-23(31)13-11-21/h4-15,18,22,29,32H,16-17H2,1-3H3/t22-,29-/m0/s1. The predicted octanol–water partition coefficient (Wildman–Crippen LogP) is 6.69. The van der Waals surface area contributed by atoms with Crippen molar-refractivity contribution in [1.82, 2.24) is 0 Å². The third-order valence-corrected chi connectivity index (χ3v) is 6.93. The van der Waals surface area contributed by atoms with Crippen molar-refractivity contribution in [2.75, 3.05) is 10.2 Å². The molecule has 1 aliphatic heterocycles. The van der Waals surface area contributed by atoms with Gasteiger partial charge in [-0.15, -0.1) is 0 Å². The van der Waals surface area contributed by atoms with Crippen molar-refractivity contribution in [3.8, 4) is 0 Å². The van der Waals surface area contributed by atoms with Crippen molar-refractivity contribution < 1.29 is 14.0 Å². The number of carbonyl (C=O) groups is 2. The fourth-order valence-corrected chi connectivity index (χ4v) is 5.19. The molecule has 0 saturated carbocycles. The smallest absolute Gasteiger partial charge is 0.230 e. The first kappa shape index (κ1) is 23.0. The number of Topliss-reactive ketones (excluding diaryl/α,β-unsaturated/α-hetero) is 1. The third-order valence-electron chi connectivity index (χ3n) is 6.93. The Morgan fingerprint density at radius 1 is 0.971 bits per heavy atom. The fourth-order valence-electron chi connectivity index (χ4n) is 5.19. The zero-order valence-corrected chi connectivity index (χ0v) is 20.2. The summed E-state index contributed by atoms with van der Waals surface area (Å²) in [4.78, 5) is 29.3. The summed E-state index contributed by atoms with van der Waals surface area (Å²) in [5, 5.41) is 3.54. The molecule has 1 amide bonds. The first-order valence-electron chi connectivity index (χ1n) is 12.1. The second-order valence-electron chi connectivity index (χ2n) is 9.79. The Hall–Kier alpha value is -3.73. The van der Waals surface area contributed by atoms with E-state index in [2.05, 4.69) is 17.4 Å². The highest BCUT2D eigenvalue weighted by Gasteiger charge is 2.42. The van der Waals surface area contributed by atoms with Gasteiger partial charge in [-0.2, -0.15) is 0 Å². The van der Waals surface area contributed by atoms with Gasteiger partial charge in [-0.25, -0.2) is 4.39 Å². The lowest BCUT2D eigenvalue weighted by atomic mass is 9.78. The normalized spacial score (nSPS) is 19.7. The maximum absolute atomic E-state index is 13.9. The largest absolute Gasteiger partial charge is 0.357 e. The number of fused-ring (bicyclic) bond motifs is 1. The van der Waals surface area contributed by atoms with E-state index >= 15 is 0 Å². The number of rotatable bonds is 3. The SMILES string of the molecule is Cc1ccc2c(c1)N(C(=O)C(C)C)[C@@H](c1ccc(F)cc1)C1=C(C[C@H](c3ccccc3)CC1=O)N2. The lowest BCUT2D eigenvalue weighted by Crippen LogP contribution is -2.40. The highest BCUT2D eigenvalue weighted by atomic mass is 19.1. The molecular weight excluding hydrogens is 439 g/mol. The molecule has 2 aliphatic rings. The van der Waals surface area contributed by atoms with E-state index in [1.807, 2.05) is 57.2 Å². The van der Waals surface area contributed by atoms with E-state index < -0.39 is 6.04 Å². The third kappa shape index (κ3) is 4.27. The molecule has 0 unspecified atom stereocenters. The van der Waals surface area contributed by atoms with Crippen LogP contribution in [0.4, 0.5) is 15.8 Å². The van der Waals surface area contributed by atoms with Gasteiger partial charge in [-0.1, -0.05) is 62.4 Å². The van der Waals surface area contributed by atoms with E-state index in [0.29, 0.717) is 18.4 Å². The van der Waals surface area contributed by atoms with Crippen molar-refractivity contribution in [3.63, 3.8) is 0 Å². The molecule has 178 valence electrons. The van der Waals surface area contributed by atoms with Crippen LogP contribution < -0.4 is 10.2 Å². The van der Waals surface area contributed by atoms with Crippen molar-refractivity contribution in [2.45, 2.75) is 45.6 Å². The van der Waals surface area contributed by atoms with E-state index in [4.69, 9.17) is 0 Å². The number of nitrogens with zero attached hydrogens (tertiary/aromatic N) is 1. The molecule has 3 aromatic rings. The van der Waals surface area contributed by atoms with Crippen LogP contribution in [0.2, 0.25) is 0 Å².